The zero-order valence-corrected chi connectivity index (χ0v) is 11.1. The number of nitrogens with two attached hydrogens (primary N) is 1. The Morgan fingerprint density at radius 1 is 1.47 bits per heavy atom. The predicted octanol–water partition coefficient (Wildman–Crippen LogP) is 3.24. The molecule has 2 aromatic rings. The van der Waals surface area contributed by atoms with Crippen molar-refractivity contribution in [2.24, 2.45) is 5.73 Å². The molecule has 17 heavy (non-hydrogen) atoms. The van der Waals surface area contributed by atoms with E-state index >= 15 is 0 Å². The molecule has 2 rings (SSSR count). The van der Waals surface area contributed by atoms with Crippen molar-refractivity contribution in [1.29, 1.82) is 0 Å². The number of thiazole rings is 1. The van der Waals surface area contributed by atoms with Crippen LogP contribution in [0.2, 0.25) is 0 Å². The van der Waals surface area contributed by atoms with Crippen molar-refractivity contribution in [3.05, 3.63) is 40.7 Å². The summed E-state index contributed by atoms with van der Waals surface area (Å²) in [5.41, 5.74) is 7.19. The van der Waals surface area contributed by atoms with Crippen LogP contribution in [-0.4, -0.2) is 11.5 Å². The third kappa shape index (κ3) is 3.06. The molecule has 0 radical (unpaired) electrons. The van der Waals surface area contributed by atoms with E-state index in [1.807, 2.05) is 18.4 Å². The summed E-state index contributed by atoms with van der Waals surface area (Å²) in [7, 11) is 0. The predicted molar refractivity (Wildman–Crippen MR) is 70.1 cm³/mol. The quantitative estimate of drug-likeness (QED) is 0.925. The molecular weight excluding hydrogens is 255 g/mol. The highest BCUT2D eigenvalue weighted by atomic mass is 32.2. The van der Waals surface area contributed by atoms with Crippen LogP contribution in [0, 0.1) is 12.7 Å². The Bertz CT molecular complexity index is 511. The molecule has 0 atom stereocenters. The van der Waals surface area contributed by atoms with Gasteiger partial charge in [0.25, 0.3) is 0 Å². The Morgan fingerprint density at radius 3 is 2.94 bits per heavy atom. The van der Waals surface area contributed by atoms with E-state index in [4.69, 9.17) is 5.73 Å². The maximum absolute atomic E-state index is 13.7. The standard InChI is InChI=1S/C12H13FN2S2/c1-8-7-16-12(15-8)17-11-4-2-3-10(13)9(11)5-6-14/h2-4,7H,5-6,14H2,1H3. The van der Waals surface area contributed by atoms with E-state index in [1.54, 1.807) is 17.4 Å². The SMILES string of the molecule is Cc1csc(Sc2cccc(F)c2CCN)n1. The number of hydrogen-bond acceptors (Lipinski definition) is 4. The number of aryl methyl sites for hydroxylation is 1. The summed E-state index contributed by atoms with van der Waals surface area (Å²) >= 11 is 3.08. The highest BCUT2D eigenvalue weighted by molar-refractivity contribution is 8.01. The molecule has 0 saturated carbocycles. The maximum Gasteiger partial charge on any atom is 0.154 e. The Kier molecular flexibility index (Phi) is 4.15. The Balaban J connectivity index is 2.28. The Labute approximate surface area is 108 Å². The minimum Gasteiger partial charge on any atom is -0.330 e. The topological polar surface area (TPSA) is 38.9 Å². The molecular formula is C12H13FN2S2. The first kappa shape index (κ1) is 12.5. The van der Waals surface area contributed by atoms with E-state index < -0.39 is 0 Å². The van der Waals surface area contributed by atoms with Gasteiger partial charge in [0.15, 0.2) is 4.34 Å². The molecule has 0 aliphatic heterocycles. The van der Waals surface area contributed by atoms with Gasteiger partial charge in [-0.2, -0.15) is 0 Å². The normalized spacial score (nSPS) is 10.8. The van der Waals surface area contributed by atoms with Gasteiger partial charge >= 0.3 is 0 Å². The molecule has 1 aromatic heterocycles. The molecule has 0 spiro atoms. The van der Waals surface area contributed by atoms with Crippen molar-refractivity contribution in [1.82, 2.24) is 4.98 Å². The second-order valence-corrected chi connectivity index (χ2v) is 5.76. The highest BCUT2D eigenvalue weighted by Gasteiger charge is 2.10. The lowest BCUT2D eigenvalue weighted by molar-refractivity contribution is 0.603. The van der Waals surface area contributed by atoms with Gasteiger partial charge in [0.05, 0.1) is 0 Å². The second kappa shape index (κ2) is 5.62. The molecule has 0 fully saturated rings. The Morgan fingerprint density at radius 2 is 2.29 bits per heavy atom. The van der Waals surface area contributed by atoms with Gasteiger partial charge in [-0.1, -0.05) is 17.8 Å². The summed E-state index contributed by atoms with van der Waals surface area (Å²) in [6, 6.07) is 5.11. The van der Waals surface area contributed by atoms with Crippen LogP contribution >= 0.6 is 23.1 Å². The van der Waals surface area contributed by atoms with Crippen LogP contribution in [0.15, 0.2) is 32.8 Å². The number of rotatable bonds is 4. The number of halogens is 1. The highest BCUT2D eigenvalue weighted by Crippen LogP contribution is 2.33. The van der Waals surface area contributed by atoms with Gasteiger partial charge in [0, 0.05) is 21.5 Å². The third-order valence-electron chi connectivity index (χ3n) is 2.27. The third-order valence-corrected chi connectivity index (χ3v) is 4.42. The lowest BCUT2D eigenvalue weighted by Crippen LogP contribution is -2.05. The van der Waals surface area contributed by atoms with Crippen molar-refractivity contribution in [2.75, 3.05) is 6.54 Å². The molecule has 0 saturated heterocycles. The van der Waals surface area contributed by atoms with Gasteiger partial charge in [-0.05, 0) is 32.0 Å². The summed E-state index contributed by atoms with van der Waals surface area (Å²) in [6.45, 7) is 2.40. The maximum atomic E-state index is 13.7. The summed E-state index contributed by atoms with van der Waals surface area (Å²) in [5, 5.41) is 1.99. The van der Waals surface area contributed by atoms with Gasteiger partial charge in [-0.25, -0.2) is 9.37 Å². The summed E-state index contributed by atoms with van der Waals surface area (Å²) in [6.07, 6.45) is 0.555. The minimum absolute atomic E-state index is 0.186. The fourth-order valence-electron chi connectivity index (χ4n) is 1.49. The zero-order valence-electron chi connectivity index (χ0n) is 9.44. The van der Waals surface area contributed by atoms with Gasteiger partial charge in [0.1, 0.15) is 5.82 Å². The average molecular weight is 268 g/mol. The van der Waals surface area contributed by atoms with Crippen molar-refractivity contribution >= 4 is 23.1 Å². The largest absolute Gasteiger partial charge is 0.330 e. The van der Waals surface area contributed by atoms with Gasteiger partial charge in [-0.15, -0.1) is 11.3 Å². The van der Waals surface area contributed by atoms with Gasteiger partial charge in [-0.3, -0.25) is 0 Å². The van der Waals surface area contributed by atoms with E-state index in [1.165, 1.54) is 17.8 Å². The van der Waals surface area contributed by atoms with Crippen LogP contribution < -0.4 is 5.73 Å². The van der Waals surface area contributed by atoms with Crippen molar-refractivity contribution in [2.45, 2.75) is 22.6 Å². The van der Waals surface area contributed by atoms with Crippen molar-refractivity contribution in [3.63, 3.8) is 0 Å². The van der Waals surface area contributed by atoms with Crippen LogP contribution in [0.3, 0.4) is 0 Å². The number of aromatic nitrogens is 1. The zero-order chi connectivity index (χ0) is 12.3. The smallest absolute Gasteiger partial charge is 0.154 e. The molecule has 0 unspecified atom stereocenters. The molecule has 0 aliphatic carbocycles. The number of benzene rings is 1. The molecule has 1 aromatic carbocycles. The summed E-state index contributed by atoms with van der Waals surface area (Å²) in [5.74, 6) is -0.186. The number of hydrogen-bond donors (Lipinski definition) is 1. The van der Waals surface area contributed by atoms with Gasteiger partial charge in [0.2, 0.25) is 0 Å². The fourth-order valence-corrected chi connectivity index (χ4v) is 3.47. The molecule has 1 heterocycles. The van der Waals surface area contributed by atoms with Crippen LogP contribution in [-0.2, 0) is 6.42 Å². The molecule has 2 N–H and O–H groups in total. The second-order valence-electron chi connectivity index (χ2n) is 3.61. The van der Waals surface area contributed by atoms with Crippen LogP contribution in [0.25, 0.3) is 0 Å². The lowest BCUT2D eigenvalue weighted by Gasteiger charge is -2.07. The molecule has 0 amide bonds. The van der Waals surface area contributed by atoms with Crippen LogP contribution in [0.1, 0.15) is 11.3 Å². The fraction of sp³-hybridized carbons (Fsp3) is 0.250. The molecule has 5 heteroatoms. The van der Waals surface area contributed by atoms with E-state index in [2.05, 4.69) is 4.98 Å². The molecule has 0 bridgehead atoms. The first-order valence-electron chi connectivity index (χ1n) is 5.28. The van der Waals surface area contributed by atoms with Crippen molar-refractivity contribution in [3.8, 4) is 0 Å². The van der Waals surface area contributed by atoms with Crippen LogP contribution in [0.5, 0.6) is 0 Å². The van der Waals surface area contributed by atoms with Crippen LogP contribution in [0.4, 0.5) is 4.39 Å². The van der Waals surface area contributed by atoms with Gasteiger partial charge < -0.3 is 5.73 Å². The number of nitrogens with zero attached hydrogens (tertiary/aromatic N) is 1. The average Bonchev–Trinajstić information content (AvgIpc) is 2.69. The van der Waals surface area contributed by atoms with E-state index in [0.29, 0.717) is 18.5 Å². The molecule has 90 valence electrons. The molecule has 2 nitrogen and oxygen atoms in total. The van der Waals surface area contributed by atoms with E-state index in [-0.39, 0.29) is 5.82 Å². The minimum atomic E-state index is -0.186. The first-order valence-corrected chi connectivity index (χ1v) is 6.97. The van der Waals surface area contributed by atoms with Crippen molar-refractivity contribution < 1.29 is 4.39 Å². The van der Waals surface area contributed by atoms with E-state index in [0.717, 1.165) is 14.9 Å². The Hall–Kier alpha value is -0.910. The lowest BCUT2D eigenvalue weighted by atomic mass is 10.1. The van der Waals surface area contributed by atoms with E-state index in [9.17, 15) is 4.39 Å². The molecule has 0 aliphatic rings. The first-order chi connectivity index (χ1) is 8.20. The summed E-state index contributed by atoms with van der Waals surface area (Å²) < 4.78 is 14.6. The summed E-state index contributed by atoms with van der Waals surface area (Å²) in [4.78, 5) is 5.27. The monoisotopic (exact) mass is 268 g/mol.